The van der Waals surface area contributed by atoms with Gasteiger partial charge in [-0.15, -0.1) is 4.73 Å². The van der Waals surface area contributed by atoms with E-state index in [4.69, 9.17) is 4.84 Å². The number of benzene rings is 1. The summed E-state index contributed by atoms with van der Waals surface area (Å²) in [6.45, 7) is 0. The third kappa shape index (κ3) is 2.31. The molecule has 0 amide bonds. The number of hydrogen-bond donors (Lipinski definition) is 0. The number of aromatic nitrogens is 1. The number of nitrogens with zero attached hydrogens (tertiary/aromatic N) is 1. The van der Waals surface area contributed by atoms with Gasteiger partial charge in [-0.2, -0.15) is 0 Å². The van der Waals surface area contributed by atoms with E-state index in [2.05, 4.69) is 22.0 Å². The van der Waals surface area contributed by atoms with E-state index in [0.717, 1.165) is 32.2 Å². The summed E-state index contributed by atoms with van der Waals surface area (Å²) in [4.78, 5) is 18.4. The fourth-order valence-corrected chi connectivity index (χ4v) is 3.35. The van der Waals surface area contributed by atoms with Gasteiger partial charge in [-0.05, 0) is 40.8 Å². The standard InChI is InChI=1S/C20H14BrNO2/c1-24-22-18(13-7-9-16(21)10-8-13)12-15-11-14-5-3-2-4-6-17(14)19(15)20(22)23/h2-12H,1H3. The molecule has 4 heteroatoms. The molecule has 118 valence electrons. The van der Waals surface area contributed by atoms with Gasteiger partial charge in [0.25, 0.3) is 5.56 Å². The average molecular weight is 380 g/mol. The first-order chi connectivity index (χ1) is 11.7. The molecule has 4 rings (SSSR count). The van der Waals surface area contributed by atoms with Crippen LogP contribution in [0.5, 0.6) is 0 Å². The quantitative estimate of drug-likeness (QED) is 0.509. The van der Waals surface area contributed by atoms with Gasteiger partial charge in [-0.1, -0.05) is 58.4 Å². The molecule has 3 nitrogen and oxygen atoms in total. The lowest BCUT2D eigenvalue weighted by molar-refractivity contribution is 0.163. The third-order valence-electron chi connectivity index (χ3n) is 4.17. The van der Waals surface area contributed by atoms with E-state index in [9.17, 15) is 4.79 Å². The second-order valence-corrected chi connectivity index (χ2v) is 6.49. The SMILES string of the molecule is COn1c(-c2ccc(Br)cc2)cc2cc3cccccc-3c2c1=O. The lowest BCUT2D eigenvalue weighted by Gasteiger charge is -2.12. The minimum absolute atomic E-state index is 0.144. The van der Waals surface area contributed by atoms with Crippen LogP contribution in [-0.2, 0) is 0 Å². The highest BCUT2D eigenvalue weighted by Crippen LogP contribution is 2.33. The topological polar surface area (TPSA) is 31.2 Å². The summed E-state index contributed by atoms with van der Waals surface area (Å²) in [5.74, 6) is 0. The van der Waals surface area contributed by atoms with Crippen LogP contribution in [0.25, 0.3) is 33.2 Å². The molecule has 0 atom stereocenters. The highest BCUT2D eigenvalue weighted by atomic mass is 79.9. The van der Waals surface area contributed by atoms with Gasteiger partial charge >= 0.3 is 0 Å². The first kappa shape index (κ1) is 15.0. The molecule has 0 fully saturated rings. The number of rotatable bonds is 2. The van der Waals surface area contributed by atoms with E-state index in [1.165, 1.54) is 11.8 Å². The lowest BCUT2D eigenvalue weighted by Crippen LogP contribution is -2.26. The summed E-state index contributed by atoms with van der Waals surface area (Å²) in [5.41, 5.74) is 3.50. The molecule has 0 radical (unpaired) electrons. The summed E-state index contributed by atoms with van der Waals surface area (Å²) in [6, 6.07) is 21.7. The molecule has 1 aromatic heterocycles. The second-order valence-electron chi connectivity index (χ2n) is 5.57. The third-order valence-corrected chi connectivity index (χ3v) is 4.70. The molecule has 0 bridgehead atoms. The second kappa shape index (κ2) is 5.80. The van der Waals surface area contributed by atoms with Crippen molar-refractivity contribution in [2.24, 2.45) is 0 Å². The van der Waals surface area contributed by atoms with E-state index >= 15 is 0 Å². The number of fused-ring (bicyclic) bond motifs is 3. The first-order valence-corrected chi connectivity index (χ1v) is 8.36. The fourth-order valence-electron chi connectivity index (χ4n) is 3.08. The largest absolute Gasteiger partial charge is 0.413 e. The molecule has 2 aliphatic rings. The zero-order valence-electron chi connectivity index (χ0n) is 13.0. The maximum Gasteiger partial charge on any atom is 0.292 e. The highest BCUT2D eigenvalue weighted by molar-refractivity contribution is 9.10. The summed E-state index contributed by atoms with van der Waals surface area (Å²) >= 11 is 3.44. The molecule has 2 aliphatic carbocycles. The van der Waals surface area contributed by atoms with Crippen LogP contribution in [0.3, 0.4) is 0 Å². The van der Waals surface area contributed by atoms with Crippen LogP contribution >= 0.6 is 15.9 Å². The van der Waals surface area contributed by atoms with Crippen molar-refractivity contribution in [2.45, 2.75) is 0 Å². The maximum atomic E-state index is 13.0. The van der Waals surface area contributed by atoms with E-state index in [0.29, 0.717) is 5.39 Å². The van der Waals surface area contributed by atoms with Crippen molar-refractivity contribution in [3.63, 3.8) is 0 Å². The van der Waals surface area contributed by atoms with E-state index in [-0.39, 0.29) is 5.56 Å². The number of pyridine rings is 1. The Bertz CT molecular complexity index is 1070. The maximum absolute atomic E-state index is 13.0. The summed E-state index contributed by atoms with van der Waals surface area (Å²) in [7, 11) is 1.51. The predicted molar refractivity (Wildman–Crippen MR) is 100 cm³/mol. The Hall–Kier alpha value is -2.59. The molecule has 2 aromatic rings. The molecule has 0 aliphatic heterocycles. The van der Waals surface area contributed by atoms with E-state index in [1.54, 1.807) is 0 Å². The van der Waals surface area contributed by atoms with Crippen molar-refractivity contribution in [3.05, 3.63) is 81.6 Å². The van der Waals surface area contributed by atoms with Crippen LogP contribution in [0.2, 0.25) is 0 Å². The van der Waals surface area contributed by atoms with Gasteiger partial charge in [0.05, 0.1) is 11.1 Å². The molecular formula is C20H14BrNO2. The molecule has 0 saturated carbocycles. The van der Waals surface area contributed by atoms with Gasteiger partial charge in [0.2, 0.25) is 0 Å². The van der Waals surface area contributed by atoms with Crippen molar-refractivity contribution in [2.75, 3.05) is 7.11 Å². The molecule has 0 saturated heterocycles. The van der Waals surface area contributed by atoms with Crippen molar-refractivity contribution in [3.8, 4) is 22.4 Å². The van der Waals surface area contributed by atoms with Crippen LogP contribution in [0, 0.1) is 0 Å². The highest BCUT2D eigenvalue weighted by Gasteiger charge is 2.17. The van der Waals surface area contributed by atoms with Crippen molar-refractivity contribution in [1.29, 1.82) is 0 Å². The molecule has 1 heterocycles. The van der Waals surface area contributed by atoms with Gasteiger partial charge in [0.15, 0.2) is 0 Å². The molecule has 0 N–H and O–H groups in total. The van der Waals surface area contributed by atoms with Gasteiger partial charge < -0.3 is 4.84 Å². The number of hydrogen-bond acceptors (Lipinski definition) is 2. The predicted octanol–water partition coefficient (Wildman–Crippen LogP) is 4.59. The summed E-state index contributed by atoms with van der Waals surface area (Å²) in [5, 5.41) is 1.61. The van der Waals surface area contributed by atoms with Crippen LogP contribution in [0.4, 0.5) is 0 Å². The minimum Gasteiger partial charge on any atom is -0.413 e. The van der Waals surface area contributed by atoms with Crippen LogP contribution in [-0.4, -0.2) is 11.8 Å². The van der Waals surface area contributed by atoms with Crippen molar-refractivity contribution in [1.82, 2.24) is 4.73 Å². The van der Waals surface area contributed by atoms with Crippen LogP contribution in [0.1, 0.15) is 0 Å². The number of halogens is 1. The fraction of sp³-hybridized carbons (Fsp3) is 0.0500. The minimum atomic E-state index is -0.144. The van der Waals surface area contributed by atoms with Crippen LogP contribution in [0.15, 0.2) is 76.0 Å². The Labute approximate surface area is 147 Å². The smallest absolute Gasteiger partial charge is 0.292 e. The van der Waals surface area contributed by atoms with E-state index in [1.807, 2.05) is 60.7 Å². The molecule has 0 spiro atoms. The lowest BCUT2D eigenvalue weighted by atomic mass is 10.1. The van der Waals surface area contributed by atoms with E-state index < -0.39 is 0 Å². The van der Waals surface area contributed by atoms with Gasteiger partial charge in [0, 0.05) is 10.0 Å². The van der Waals surface area contributed by atoms with Gasteiger partial charge in [-0.3, -0.25) is 4.79 Å². The Morgan fingerprint density at radius 3 is 2.42 bits per heavy atom. The zero-order chi connectivity index (χ0) is 16.7. The molecular weight excluding hydrogens is 366 g/mol. The van der Waals surface area contributed by atoms with Gasteiger partial charge in [-0.25, -0.2) is 0 Å². The Balaban J connectivity index is 2.09. The monoisotopic (exact) mass is 379 g/mol. The zero-order valence-corrected chi connectivity index (χ0v) is 14.6. The molecule has 0 unspecified atom stereocenters. The molecule has 1 aromatic carbocycles. The van der Waals surface area contributed by atoms with Crippen molar-refractivity contribution >= 4 is 26.7 Å². The summed E-state index contributed by atoms with van der Waals surface area (Å²) in [6.07, 6.45) is 0. The molecule has 24 heavy (non-hydrogen) atoms. The Morgan fingerprint density at radius 2 is 1.67 bits per heavy atom. The Kier molecular flexibility index (Phi) is 3.62. The van der Waals surface area contributed by atoms with Crippen molar-refractivity contribution < 1.29 is 4.84 Å². The summed E-state index contributed by atoms with van der Waals surface area (Å²) < 4.78 is 2.35. The Morgan fingerprint density at radius 1 is 0.917 bits per heavy atom. The normalized spacial score (nSPS) is 11.1. The first-order valence-electron chi connectivity index (χ1n) is 7.57. The van der Waals surface area contributed by atoms with Gasteiger partial charge in [0.1, 0.15) is 7.11 Å². The van der Waals surface area contributed by atoms with Crippen LogP contribution < -0.4 is 10.4 Å². The average Bonchev–Trinajstić information content (AvgIpc) is 2.77.